The van der Waals surface area contributed by atoms with Crippen molar-refractivity contribution in [1.29, 1.82) is 0 Å². The summed E-state index contributed by atoms with van der Waals surface area (Å²) >= 11 is 0. The zero-order chi connectivity index (χ0) is 17.0. The molecule has 1 aromatic rings. The second-order valence-electron chi connectivity index (χ2n) is 7.96. The molecule has 3 heteroatoms. The maximum absolute atomic E-state index is 12.4. The van der Waals surface area contributed by atoms with E-state index in [2.05, 4.69) is 69.5 Å². The number of urea groups is 1. The van der Waals surface area contributed by atoms with Crippen molar-refractivity contribution in [2.75, 3.05) is 0 Å². The second-order valence-corrected chi connectivity index (χ2v) is 7.96. The molecular formula is C20H32N2O. The molecule has 0 aliphatic heterocycles. The number of benzene rings is 1. The minimum Gasteiger partial charge on any atom is -0.335 e. The van der Waals surface area contributed by atoms with E-state index < -0.39 is 0 Å². The standard InChI is InChI=1S/C20H32N2O/c1-14(2)16-7-6-8-17(13-16)20(4,5)22-19(23)21-18-11-9-15(3)10-12-18/h6-8,13-15,18H,9-12H2,1-5H3,(H2,21,22,23). The highest BCUT2D eigenvalue weighted by Gasteiger charge is 2.25. The number of rotatable bonds is 4. The Balaban J connectivity index is 1.97. The topological polar surface area (TPSA) is 41.1 Å². The van der Waals surface area contributed by atoms with Crippen LogP contribution in [0.5, 0.6) is 0 Å². The highest BCUT2D eigenvalue weighted by Crippen LogP contribution is 2.25. The first-order chi connectivity index (χ1) is 10.8. The van der Waals surface area contributed by atoms with Gasteiger partial charge in [-0.25, -0.2) is 4.79 Å². The highest BCUT2D eigenvalue weighted by atomic mass is 16.2. The maximum Gasteiger partial charge on any atom is 0.315 e. The maximum atomic E-state index is 12.4. The summed E-state index contributed by atoms with van der Waals surface area (Å²) in [6.07, 6.45) is 4.62. The molecular weight excluding hydrogens is 284 g/mol. The van der Waals surface area contributed by atoms with Gasteiger partial charge in [0.05, 0.1) is 5.54 Å². The Bertz CT molecular complexity index is 528. The third-order valence-electron chi connectivity index (χ3n) is 5.05. The van der Waals surface area contributed by atoms with Gasteiger partial charge in [-0.15, -0.1) is 0 Å². The van der Waals surface area contributed by atoms with Crippen molar-refractivity contribution in [3.63, 3.8) is 0 Å². The summed E-state index contributed by atoms with van der Waals surface area (Å²) in [7, 11) is 0. The number of nitrogens with one attached hydrogen (secondary N) is 2. The van der Waals surface area contributed by atoms with Crippen LogP contribution in [-0.4, -0.2) is 12.1 Å². The third kappa shape index (κ3) is 4.98. The number of carbonyl (C=O) groups is 1. The Labute approximate surface area is 141 Å². The molecule has 1 aliphatic carbocycles. The quantitative estimate of drug-likeness (QED) is 0.813. The van der Waals surface area contributed by atoms with Gasteiger partial charge < -0.3 is 10.6 Å². The molecule has 0 heterocycles. The average Bonchev–Trinajstić information content (AvgIpc) is 2.49. The van der Waals surface area contributed by atoms with E-state index in [1.807, 2.05) is 0 Å². The van der Waals surface area contributed by atoms with Crippen LogP contribution in [-0.2, 0) is 5.54 Å². The van der Waals surface area contributed by atoms with Crippen molar-refractivity contribution in [1.82, 2.24) is 10.6 Å². The zero-order valence-corrected chi connectivity index (χ0v) is 15.3. The molecule has 23 heavy (non-hydrogen) atoms. The van der Waals surface area contributed by atoms with Gasteiger partial charge in [0.1, 0.15) is 0 Å². The van der Waals surface area contributed by atoms with Gasteiger partial charge in [-0.3, -0.25) is 0 Å². The lowest BCUT2D eigenvalue weighted by Gasteiger charge is -2.31. The van der Waals surface area contributed by atoms with Crippen LogP contribution in [0.2, 0.25) is 0 Å². The van der Waals surface area contributed by atoms with E-state index in [-0.39, 0.29) is 11.6 Å². The van der Waals surface area contributed by atoms with Gasteiger partial charge in [-0.2, -0.15) is 0 Å². The van der Waals surface area contributed by atoms with Crippen LogP contribution >= 0.6 is 0 Å². The molecule has 0 saturated heterocycles. The molecule has 128 valence electrons. The van der Waals surface area contributed by atoms with Crippen molar-refractivity contribution in [3.8, 4) is 0 Å². The van der Waals surface area contributed by atoms with Crippen molar-refractivity contribution in [2.24, 2.45) is 5.92 Å². The predicted octanol–water partition coefficient (Wildman–Crippen LogP) is 4.92. The first-order valence-corrected chi connectivity index (χ1v) is 8.97. The fourth-order valence-electron chi connectivity index (χ4n) is 3.27. The van der Waals surface area contributed by atoms with Gasteiger partial charge in [0.2, 0.25) is 0 Å². The van der Waals surface area contributed by atoms with E-state index in [0.29, 0.717) is 12.0 Å². The van der Waals surface area contributed by atoms with Gasteiger partial charge in [0, 0.05) is 6.04 Å². The van der Waals surface area contributed by atoms with E-state index in [0.717, 1.165) is 24.3 Å². The summed E-state index contributed by atoms with van der Waals surface area (Å²) in [5, 5.41) is 6.30. The van der Waals surface area contributed by atoms with E-state index in [4.69, 9.17) is 0 Å². The first-order valence-electron chi connectivity index (χ1n) is 8.97. The Morgan fingerprint density at radius 1 is 1.17 bits per heavy atom. The Hall–Kier alpha value is -1.51. The molecule has 2 amide bonds. The van der Waals surface area contributed by atoms with Crippen LogP contribution in [0.3, 0.4) is 0 Å². The molecule has 0 spiro atoms. The van der Waals surface area contributed by atoms with Crippen molar-refractivity contribution in [3.05, 3.63) is 35.4 Å². The van der Waals surface area contributed by atoms with Crippen LogP contribution in [0.4, 0.5) is 4.79 Å². The van der Waals surface area contributed by atoms with Crippen molar-refractivity contribution in [2.45, 2.75) is 77.8 Å². The van der Waals surface area contributed by atoms with Crippen molar-refractivity contribution >= 4 is 6.03 Å². The average molecular weight is 316 g/mol. The lowest BCUT2D eigenvalue weighted by Crippen LogP contribution is -2.50. The predicted molar refractivity (Wildman–Crippen MR) is 96.6 cm³/mol. The summed E-state index contributed by atoms with van der Waals surface area (Å²) in [6.45, 7) is 10.8. The number of amides is 2. The third-order valence-corrected chi connectivity index (χ3v) is 5.05. The monoisotopic (exact) mass is 316 g/mol. The van der Waals surface area contributed by atoms with Gasteiger partial charge >= 0.3 is 6.03 Å². The second kappa shape index (κ2) is 7.37. The Kier molecular flexibility index (Phi) is 5.72. The Morgan fingerprint density at radius 2 is 1.83 bits per heavy atom. The summed E-state index contributed by atoms with van der Waals surface area (Å²) in [6, 6.07) is 8.79. The van der Waals surface area contributed by atoms with Gasteiger partial charge in [0.25, 0.3) is 0 Å². The van der Waals surface area contributed by atoms with Crippen LogP contribution in [0.1, 0.15) is 77.3 Å². The summed E-state index contributed by atoms with van der Waals surface area (Å²) in [4.78, 5) is 12.4. The molecule has 0 aromatic heterocycles. The molecule has 0 radical (unpaired) electrons. The van der Waals surface area contributed by atoms with Gasteiger partial charge in [-0.1, -0.05) is 45.0 Å². The molecule has 2 rings (SSSR count). The lowest BCUT2D eigenvalue weighted by molar-refractivity contribution is 0.218. The molecule has 0 unspecified atom stereocenters. The SMILES string of the molecule is CC1CCC(NC(=O)NC(C)(C)c2cccc(C(C)C)c2)CC1. The number of hydrogen-bond acceptors (Lipinski definition) is 1. The van der Waals surface area contributed by atoms with Crippen LogP contribution in [0.25, 0.3) is 0 Å². The molecule has 1 fully saturated rings. The largest absolute Gasteiger partial charge is 0.335 e. The molecule has 0 atom stereocenters. The fraction of sp³-hybridized carbons (Fsp3) is 0.650. The first kappa shape index (κ1) is 17.8. The summed E-state index contributed by atoms with van der Waals surface area (Å²) in [5.41, 5.74) is 2.08. The summed E-state index contributed by atoms with van der Waals surface area (Å²) < 4.78 is 0. The normalized spacial score (nSPS) is 22.0. The minimum absolute atomic E-state index is 0.0514. The molecule has 1 saturated carbocycles. The zero-order valence-electron chi connectivity index (χ0n) is 15.3. The van der Waals surface area contributed by atoms with E-state index in [1.165, 1.54) is 18.4 Å². The van der Waals surface area contributed by atoms with E-state index in [1.54, 1.807) is 0 Å². The molecule has 1 aliphatic rings. The number of carbonyl (C=O) groups excluding carboxylic acids is 1. The van der Waals surface area contributed by atoms with Gasteiger partial charge in [-0.05, 0) is 62.5 Å². The smallest absolute Gasteiger partial charge is 0.315 e. The van der Waals surface area contributed by atoms with E-state index >= 15 is 0 Å². The fourth-order valence-corrected chi connectivity index (χ4v) is 3.27. The molecule has 3 nitrogen and oxygen atoms in total. The Morgan fingerprint density at radius 3 is 2.43 bits per heavy atom. The highest BCUT2D eigenvalue weighted by molar-refractivity contribution is 5.75. The van der Waals surface area contributed by atoms with Crippen LogP contribution in [0.15, 0.2) is 24.3 Å². The van der Waals surface area contributed by atoms with Crippen LogP contribution < -0.4 is 10.6 Å². The molecule has 2 N–H and O–H groups in total. The molecule has 0 bridgehead atoms. The molecule has 1 aromatic carbocycles. The van der Waals surface area contributed by atoms with Crippen molar-refractivity contribution < 1.29 is 4.79 Å². The summed E-state index contributed by atoms with van der Waals surface area (Å²) in [5.74, 6) is 1.29. The lowest BCUT2D eigenvalue weighted by atomic mass is 9.87. The minimum atomic E-state index is -0.378. The van der Waals surface area contributed by atoms with Crippen LogP contribution in [0, 0.1) is 5.92 Å². The van der Waals surface area contributed by atoms with E-state index in [9.17, 15) is 4.79 Å². The van der Waals surface area contributed by atoms with Gasteiger partial charge in [0.15, 0.2) is 0 Å². The number of hydrogen-bond donors (Lipinski definition) is 2.